The summed E-state index contributed by atoms with van der Waals surface area (Å²) in [7, 11) is 0. The zero-order valence-corrected chi connectivity index (χ0v) is 16.4. The first-order chi connectivity index (χ1) is 13.4. The second-order valence-corrected chi connectivity index (χ2v) is 6.94. The van der Waals surface area contributed by atoms with Gasteiger partial charge in [0.25, 0.3) is 5.69 Å². The zero-order valence-electron chi connectivity index (χ0n) is 16.4. The van der Waals surface area contributed by atoms with Crippen molar-refractivity contribution < 1.29 is 4.92 Å². The fourth-order valence-electron chi connectivity index (χ4n) is 3.05. The van der Waals surface area contributed by atoms with Crippen molar-refractivity contribution >= 4 is 17.7 Å². The lowest BCUT2D eigenvalue weighted by molar-refractivity contribution is -0.385. The third-order valence-corrected chi connectivity index (χ3v) is 4.63. The van der Waals surface area contributed by atoms with Crippen LogP contribution in [0.3, 0.4) is 0 Å². The van der Waals surface area contributed by atoms with Crippen LogP contribution in [0.25, 0.3) is 5.69 Å². The molecule has 0 radical (unpaired) electrons. The predicted molar refractivity (Wildman–Crippen MR) is 111 cm³/mol. The van der Waals surface area contributed by atoms with Crippen LogP contribution >= 0.6 is 0 Å². The minimum atomic E-state index is -0.484. The molecule has 0 saturated heterocycles. The number of aryl methyl sites for hydroxylation is 1. The number of hydrazone groups is 1. The van der Waals surface area contributed by atoms with Crippen LogP contribution in [-0.4, -0.2) is 20.7 Å². The highest BCUT2D eigenvalue weighted by Crippen LogP contribution is 2.22. The molecule has 0 spiro atoms. The van der Waals surface area contributed by atoms with Gasteiger partial charge in [0, 0.05) is 28.7 Å². The first kappa shape index (κ1) is 19.3. The number of nitrogens with one attached hydrogen (secondary N) is 1. The average Bonchev–Trinajstić information content (AvgIpc) is 2.95. The Hall–Kier alpha value is -3.48. The van der Waals surface area contributed by atoms with Crippen molar-refractivity contribution in [3.8, 4) is 5.69 Å². The third kappa shape index (κ3) is 4.09. The van der Waals surface area contributed by atoms with E-state index in [4.69, 9.17) is 0 Å². The lowest BCUT2D eigenvalue weighted by Crippen LogP contribution is -2.00. The number of aromatic nitrogens is 2. The standard InChI is InChI=1S/C21H23N5O2/c1-14(2)17-5-7-19(8-6-17)25-15(3)11-18(16(25)4)12-23-24-21-10-9-20(13-22-21)26(27)28/h5-14H,1-4H3,(H,22,24)/b23-12-. The molecule has 0 bridgehead atoms. The van der Waals surface area contributed by atoms with E-state index in [1.165, 1.54) is 23.9 Å². The molecule has 0 aliphatic rings. The van der Waals surface area contributed by atoms with E-state index >= 15 is 0 Å². The average molecular weight is 377 g/mol. The molecule has 3 rings (SSSR count). The minimum Gasteiger partial charge on any atom is -0.318 e. The van der Waals surface area contributed by atoms with Gasteiger partial charge in [0.05, 0.1) is 11.1 Å². The van der Waals surface area contributed by atoms with Gasteiger partial charge in [0.15, 0.2) is 0 Å². The molecule has 0 aliphatic carbocycles. The lowest BCUT2D eigenvalue weighted by Gasteiger charge is -2.12. The predicted octanol–water partition coefficient (Wildman–Crippen LogP) is 4.97. The monoisotopic (exact) mass is 377 g/mol. The maximum atomic E-state index is 10.7. The molecule has 0 atom stereocenters. The molecule has 144 valence electrons. The Morgan fingerprint density at radius 3 is 2.46 bits per heavy atom. The number of nitrogens with zero attached hydrogens (tertiary/aromatic N) is 4. The molecule has 0 unspecified atom stereocenters. The van der Waals surface area contributed by atoms with Crippen LogP contribution in [0.1, 0.15) is 42.3 Å². The SMILES string of the molecule is Cc1cc(/C=N\Nc2ccc([N+](=O)[O-])cn2)c(C)n1-c1ccc(C(C)C)cc1. The van der Waals surface area contributed by atoms with E-state index in [-0.39, 0.29) is 5.69 Å². The number of rotatable bonds is 6. The number of nitro groups is 1. The summed E-state index contributed by atoms with van der Waals surface area (Å²) in [5, 5.41) is 14.9. The molecule has 0 fully saturated rings. The van der Waals surface area contributed by atoms with Gasteiger partial charge in [-0.15, -0.1) is 0 Å². The summed E-state index contributed by atoms with van der Waals surface area (Å²) in [4.78, 5) is 14.2. The van der Waals surface area contributed by atoms with E-state index < -0.39 is 4.92 Å². The van der Waals surface area contributed by atoms with Crippen LogP contribution in [-0.2, 0) is 0 Å². The molecule has 2 heterocycles. The fourth-order valence-corrected chi connectivity index (χ4v) is 3.05. The Kier molecular flexibility index (Phi) is 5.54. The molecule has 1 N–H and O–H groups in total. The summed E-state index contributed by atoms with van der Waals surface area (Å²) >= 11 is 0. The van der Waals surface area contributed by atoms with Gasteiger partial charge in [-0.05, 0) is 49.6 Å². The quantitative estimate of drug-likeness (QED) is 0.373. The highest BCUT2D eigenvalue weighted by atomic mass is 16.6. The van der Waals surface area contributed by atoms with Crippen molar-refractivity contribution in [3.63, 3.8) is 0 Å². The number of pyridine rings is 1. The van der Waals surface area contributed by atoms with E-state index in [2.05, 4.69) is 78.1 Å². The van der Waals surface area contributed by atoms with Gasteiger partial charge in [-0.25, -0.2) is 4.98 Å². The van der Waals surface area contributed by atoms with E-state index in [0.717, 1.165) is 22.6 Å². The van der Waals surface area contributed by atoms with Crippen LogP contribution in [0.4, 0.5) is 11.5 Å². The highest BCUT2D eigenvalue weighted by Gasteiger charge is 2.10. The molecular formula is C21H23N5O2. The summed E-state index contributed by atoms with van der Waals surface area (Å²) < 4.78 is 2.19. The van der Waals surface area contributed by atoms with Gasteiger partial charge in [-0.1, -0.05) is 26.0 Å². The highest BCUT2D eigenvalue weighted by molar-refractivity contribution is 5.82. The topological polar surface area (TPSA) is 85.3 Å². The molecule has 7 heteroatoms. The Bertz CT molecular complexity index is 1000. The van der Waals surface area contributed by atoms with Gasteiger partial charge in [-0.2, -0.15) is 5.10 Å². The van der Waals surface area contributed by atoms with Gasteiger partial charge < -0.3 is 4.57 Å². The van der Waals surface area contributed by atoms with Crippen LogP contribution in [0.2, 0.25) is 0 Å². The Morgan fingerprint density at radius 1 is 1.18 bits per heavy atom. The molecule has 0 aliphatic heterocycles. The molecule has 1 aromatic carbocycles. The summed E-state index contributed by atoms with van der Waals surface area (Å²) in [6.45, 7) is 8.48. The summed E-state index contributed by atoms with van der Waals surface area (Å²) in [6.07, 6.45) is 2.93. The van der Waals surface area contributed by atoms with Gasteiger partial charge in [0.2, 0.25) is 0 Å². The van der Waals surface area contributed by atoms with Crippen LogP contribution < -0.4 is 5.43 Å². The molecule has 3 aromatic rings. The maximum Gasteiger partial charge on any atom is 0.287 e. The zero-order chi connectivity index (χ0) is 20.3. The second-order valence-electron chi connectivity index (χ2n) is 6.94. The Labute approximate surface area is 163 Å². The summed E-state index contributed by atoms with van der Waals surface area (Å²) in [5.74, 6) is 0.947. The first-order valence-electron chi connectivity index (χ1n) is 9.05. The third-order valence-electron chi connectivity index (χ3n) is 4.63. The Morgan fingerprint density at radius 2 is 1.89 bits per heavy atom. The van der Waals surface area contributed by atoms with Crippen molar-refractivity contribution in [3.05, 3.63) is 81.3 Å². The van der Waals surface area contributed by atoms with E-state index in [0.29, 0.717) is 11.7 Å². The fraction of sp³-hybridized carbons (Fsp3) is 0.238. The van der Waals surface area contributed by atoms with E-state index in [1.54, 1.807) is 6.21 Å². The molecular weight excluding hydrogens is 354 g/mol. The second kappa shape index (κ2) is 8.04. The number of benzene rings is 1. The van der Waals surface area contributed by atoms with Crippen LogP contribution in [0, 0.1) is 24.0 Å². The lowest BCUT2D eigenvalue weighted by atomic mass is 10.0. The smallest absolute Gasteiger partial charge is 0.287 e. The largest absolute Gasteiger partial charge is 0.318 e. The number of anilines is 1. The Balaban J connectivity index is 1.77. The number of hydrogen-bond donors (Lipinski definition) is 1. The van der Waals surface area contributed by atoms with Crippen LogP contribution in [0.15, 0.2) is 53.8 Å². The van der Waals surface area contributed by atoms with E-state index in [9.17, 15) is 10.1 Å². The van der Waals surface area contributed by atoms with Gasteiger partial charge in [-0.3, -0.25) is 15.5 Å². The molecule has 0 amide bonds. The van der Waals surface area contributed by atoms with E-state index in [1.807, 2.05) is 0 Å². The van der Waals surface area contributed by atoms with Crippen molar-refractivity contribution in [2.24, 2.45) is 5.10 Å². The molecule has 28 heavy (non-hydrogen) atoms. The minimum absolute atomic E-state index is 0.0541. The van der Waals surface area contributed by atoms with Crippen LogP contribution in [0.5, 0.6) is 0 Å². The maximum absolute atomic E-state index is 10.7. The number of hydrogen-bond acceptors (Lipinski definition) is 5. The first-order valence-corrected chi connectivity index (χ1v) is 9.05. The molecule has 0 saturated carbocycles. The van der Waals surface area contributed by atoms with Crippen molar-refractivity contribution in [2.45, 2.75) is 33.6 Å². The summed E-state index contributed by atoms with van der Waals surface area (Å²) in [5.41, 5.74) is 8.36. The van der Waals surface area contributed by atoms with Gasteiger partial charge in [0.1, 0.15) is 12.0 Å². The normalized spacial score (nSPS) is 11.3. The molecule has 7 nitrogen and oxygen atoms in total. The van der Waals surface area contributed by atoms with Crippen molar-refractivity contribution in [1.82, 2.24) is 9.55 Å². The molecule has 2 aromatic heterocycles. The van der Waals surface area contributed by atoms with Crippen molar-refractivity contribution in [2.75, 3.05) is 5.43 Å². The summed E-state index contributed by atoms with van der Waals surface area (Å²) in [6, 6.07) is 13.6. The van der Waals surface area contributed by atoms with Gasteiger partial charge >= 0.3 is 0 Å². The van der Waals surface area contributed by atoms with Crippen molar-refractivity contribution in [1.29, 1.82) is 0 Å².